The summed E-state index contributed by atoms with van der Waals surface area (Å²) in [7, 11) is 0. The van der Waals surface area contributed by atoms with E-state index in [1.165, 1.54) is 4.88 Å². The van der Waals surface area contributed by atoms with Gasteiger partial charge in [0.05, 0.1) is 29.1 Å². The monoisotopic (exact) mass is 321 g/mol. The summed E-state index contributed by atoms with van der Waals surface area (Å²) >= 11 is 3.30. The minimum absolute atomic E-state index is 0.0518. The fraction of sp³-hybridized carbons (Fsp3) is 0.500. The van der Waals surface area contributed by atoms with Crippen LogP contribution in [0.15, 0.2) is 6.20 Å². The van der Waals surface area contributed by atoms with Crippen molar-refractivity contribution in [1.82, 2.24) is 19.6 Å². The second-order valence-corrected chi connectivity index (χ2v) is 8.46. The Morgan fingerprint density at radius 2 is 1.95 bits per heavy atom. The van der Waals surface area contributed by atoms with Crippen LogP contribution in [0, 0.1) is 13.8 Å². The summed E-state index contributed by atoms with van der Waals surface area (Å²) in [4.78, 5) is 11.4. The normalized spacial score (nSPS) is 12.2. The highest BCUT2D eigenvalue weighted by Gasteiger charge is 2.19. The lowest BCUT2D eigenvalue weighted by Crippen LogP contribution is -2.11. The van der Waals surface area contributed by atoms with Gasteiger partial charge in [-0.05, 0) is 13.8 Å². The summed E-state index contributed by atoms with van der Waals surface area (Å²) in [5, 5.41) is 9.86. The summed E-state index contributed by atoms with van der Waals surface area (Å²) in [6.45, 7) is 11.3. The number of anilines is 1. The summed E-state index contributed by atoms with van der Waals surface area (Å²) in [6, 6.07) is 0. The van der Waals surface area contributed by atoms with Gasteiger partial charge in [-0.1, -0.05) is 32.1 Å². The Bertz CT molecular complexity index is 744. The van der Waals surface area contributed by atoms with Gasteiger partial charge < -0.3 is 5.32 Å². The van der Waals surface area contributed by atoms with E-state index in [1.54, 1.807) is 22.7 Å². The van der Waals surface area contributed by atoms with Crippen molar-refractivity contribution in [2.45, 2.75) is 46.6 Å². The van der Waals surface area contributed by atoms with E-state index in [1.807, 2.05) is 17.6 Å². The second-order valence-electron chi connectivity index (χ2n) is 6.10. The first-order valence-corrected chi connectivity index (χ1v) is 8.50. The number of nitrogens with one attached hydrogen (secondary N) is 1. The van der Waals surface area contributed by atoms with Gasteiger partial charge in [-0.2, -0.15) is 0 Å². The van der Waals surface area contributed by atoms with E-state index in [2.05, 4.69) is 48.1 Å². The number of nitrogens with zero attached hydrogens (tertiary/aromatic N) is 4. The van der Waals surface area contributed by atoms with Crippen LogP contribution in [0.3, 0.4) is 0 Å². The molecule has 0 fully saturated rings. The first-order valence-electron chi connectivity index (χ1n) is 6.86. The van der Waals surface area contributed by atoms with E-state index in [0.717, 1.165) is 26.5 Å². The summed E-state index contributed by atoms with van der Waals surface area (Å²) in [5.74, 6) is 0. The highest BCUT2D eigenvalue weighted by atomic mass is 32.1. The minimum Gasteiger partial charge on any atom is -0.354 e. The molecule has 3 rings (SSSR count). The van der Waals surface area contributed by atoms with Crippen molar-refractivity contribution < 1.29 is 0 Å². The highest BCUT2D eigenvalue weighted by molar-refractivity contribution is 7.20. The summed E-state index contributed by atoms with van der Waals surface area (Å²) in [6.07, 6.45) is 2.01. The molecule has 0 spiro atoms. The molecule has 0 atom stereocenters. The highest BCUT2D eigenvalue weighted by Crippen LogP contribution is 2.26. The first kappa shape index (κ1) is 14.5. The van der Waals surface area contributed by atoms with Gasteiger partial charge in [-0.15, -0.1) is 16.4 Å². The van der Waals surface area contributed by atoms with Crippen LogP contribution in [0.2, 0.25) is 0 Å². The lowest BCUT2D eigenvalue weighted by molar-refractivity contribution is 0.572. The molecule has 1 N–H and O–H groups in total. The molecule has 0 radical (unpaired) electrons. The zero-order valence-corrected chi connectivity index (χ0v) is 14.5. The van der Waals surface area contributed by atoms with Crippen molar-refractivity contribution in [3.05, 3.63) is 27.5 Å². The van der Waals surface area contributed by atoms with E-state index in [9.17, 15) is 0 Å². The van der Waals surface area contributed by atoms with E-state index in [4.69, 9.17) is 0 Å². The smallest absolute Gasteiger partial charge is 0.214 e. The van der Waals surface area contributed by atoms with Crippen LogP contribution in [-0.2, 0) is 12.0 Å². The molecular formula is C14H19N5S2. The Balaban J connectivity index is 1.76. The van der Waals surface area contributed by atoms with E-state index in [0.29, 0.717) is 6.54 Å². The van der Waals surface area contributed by atoms with Crippen molar-refractivity contribution in [2.75, 3.05) is 5.32 Å². The molecule has 0 aliphatic rings. The summed E-state index contributed by atoms with van der Waals surface area (Å²) in [5.41, 5.74) is 2.22. The molecule has 0 saturated heterocycles. The van der Waals surface area contributed by atoms with Crippen LogP contribution in [0.25, 0.3) is 4.96 Å². The summed E-state index contributed by atoms with van der Waals surface area (Å²) < 4.78 is 1.85. The van der Waals surface area contributed by atoms with Gasteiger partial charge in [0.15, 0.2) is 0 Å². The van der Waals surface area contributed by atoms with Crippen molar-refractivity contribution in [3.8, 4) is 0 Å². The van der Waals surface area contributed by atoms with Gasteiger partial charge in [-0.25, -0.2) is 14.5 Å². The molecule has 21 heavy (non-hydrogen) atoms. The van der Waals surface area contributed by atoms with Crippen molar-refractivity contribution in [2.24, 2.45) is 0 Å². The molecule has 3 heterocycles. The largest absolute Gasteiger partial charge is 0.354 e. The standard InChI is InChI=1S/C14H19N5S2/c1-8-10(16-9(2)20-8)6-15-12-18-19-7-11(14(3,4)5)17-13(19)21-12/h7H,6H2,1-5H3,(H,15,18). The maximum Gasteiger partial charge on any atom is 0.214 e. The minimum atomic E-state index is 0.0518. The Morgan fingerprint density at radius 1 is 1.19 bits per heavy atom. The molecule has 3 aromatic heterocycles. The average molecular weight is 321 g/mol. The molecule has 5 nitrogen and oxygen atoms in total. The van der Waals surface area contributed by atoms with Crippen LogP contribution in [-0.4, -0.2) is 19.6 Å². The number of rotatable bonds is 3. The molecule has 0 saturated carbocycles. The van der Waals surface area contributed by atoms with Gasteiger partial charge >= 0.3 is 0 Å². The third-order valence-electron chi connectivity index (χ3n) is 3.22. The van der Waals surface area contributed by atoms with Gasteiger partial charge in [-0.3, -0.25) is 0 Å². The van der Waals surface area contributed by atoms with E-state index < -0.39 is 0 Å². The van der Waals surface area contributed by atoms with Crippen LogP contribution in [0.4, 0.5) is 5.13 Å². The van der Waals surface area contributed by atoms with Crippen LogP contribution in [0.5, 0.6) is 0 Å². The van der Waals surface area contributed by atoms with Crippen LogP contribution < -0.4 is 5.32 Å². The predicted octanol–water partition coefficient (Wildman–Crippen LogP) is 3.77. The molecule has 0 aromatic carbocycles. The number of aromatic nitrogens is 4. The Morgan fingerprint density at radius 3 is 2.52 bits per heavy atom. The van der Waals surface area contributed by atoms with Gasteiger partial charge in [0.2, 0.25) is 10.1 Å². The van der Waals surface area contributed by atoms with Gasteiger partial charge in [0.25, 0.3) is 0 Å². The molecule has 0 aliphatic carbocycles. The quantitative estimate of drug-likeness (QED) is 0.798. The van der Waals surface area contributed by atoms with Crippen LogP contribution in [0.1, 0.15) is 42.0 Å². The number of imidazole rings is 1. The van der Waals surface area contributed by atoms with Crippen molar-refractivity contribution in [1.29, 1.82) is 0 Å². The fourth-order valence-corrected chi connectivity index (χ4v) is 3.64. The second kappa shape index (κ2) is 5.06. The average Bonchev–Trinajstić information content (AvgIpc) is 2.98. The molecule has 0 bridgehead atoms. The zero-order chi connectivity index (χ0) is 15.2. The van der Waals surface area contributed by atoms with Crippen molar-refractivity contribution >= 4 is 32.8 Å². The molecule has 0 unspecified atom stereocenters. The lowest BCUT2D eigenvalue weighted by Gasteiger charge is -2.13. The molecule has 3 aromatic rings. The molecule has 0 amide bonds. The number of hydrogen-bond acceptors (Lipinski definition) is 6. The fourth-order valence-electron chi connectivity index (χ4n) is 2.03. The SMILES string of the molecule is Cc1nc(CNc2nn3cc(C(C)(C)C)nc3s2)c(C)s1. The van der Waals surface area contributed by atoms with Gasteiger partial charge in [0.1, 0.15) is 0 Å². The first-order chi connectivity index (χ1) is 9.83. The van der Waals surface area contributed by atoms with Crippen molar-refractivity contribution in [3.63, 3.8) is 0 Å². The Labute approximate surface area is 132 Å². The van der Waals surface area contributed by atoms with E-state index >= 15 is 0 Å². The van der Waals surface area contributed by atoms with Gasteiger partial charge in [0, 0.05) is 10.3 Å². The number of fused-ring (bicyclic) bond motifs is 1. The lowest BCUT2D eigenvalue weighted by atomic mass is 9.93. The third-order valence-corrected chi connectivity index (χ3v) is 5.03. The zero-order valence-electron chi connectivity index (χ0n) is 12.9. The number of hydrogen-bond donors (Lipinski definition) is 1. The number of aryl methyl sites for hydroxylation is 2. The van der Waals surface area contributed by atoms with Crippen LogP contribution >= 0.6 is 22.7 Å². The number of thiazole rings is 1. The molecule has 0 aliphatic heterocycles. The molecule has 112 valence electrons. The Kier molecular flexibility index (Phi) is 3.49. The topological polar surface area (TPSA) is 55.1 Å². The third kappa shape index (κ3) is 2.94. The maximum atomic E-state index is 4.65. The molecule has 7 heteroatoms. The maximum absolute atomic E-state index is 4.65. The molecular weight excluding hydrogens is 302 g/mol. The Hall–Kier alpha value is -1.47. The predicted molar refractivity (Wildman–Crippen MR) is 88.5 cm³/mol. The van der Waals surface area contributed by atoms with E-state index in [-0.39, 0.29) is 5.41 Å².